The molecular formula is C17H24N4. The van der Waals surface area contributed by atoms with Gasteiger partial charge in [-0.2, -0.15) is 0 Å². The van der Waals surface area contributed by atoms with Crippen LogP contribution in [0.15, 0.2) is 36.4 Å². The lowest BCUT2D eigenvalue weighted by Gasteiger charge is -2.27. The normalized spacial score (nSPS) is 11.2. The van der Waals surface area contributed by atoms with Gasteiger partial charge in [-0.15, -0.1) is 0 Å². The van der Waals surface area contributed by atoms with E-state index in [1.54, 1.807) is 0 Å². The Morgan fingerprint density at radius 1 is 1.05 bits per heavy atom. The molecule has 1 aromatic heterocycles. The van der Waals surface area contributed by atoms with Gasteiger partial charge in [-0.05, 0) is 39.2 Å². The molecule has 0 saturated carbocycles. The zero-order chi connectivity index (χ0) is 15.3. The van der Waals surface area contributed by atoms with Crippen molar-refractivity contribution in [2.75, 3.05) is 17.7 Å². The maximum atomic E-state index is 4.46. The first kappa shape index (κ1) is 15.3. The van der Waals surface area contributed by atoms with Crippen LogP contribution < -0.4 is 10.6 Å². The van der Waals surface area contributed by atoms with Gasteiger partial charge in [-0.1, -0.05) is 30.3 Å². The fourth-order valence-electron chi connectivity index (χ4n) is 2.27. The topological polar surface area (TPSA) is 49.8 Å². The van der Waals surface area contributed by atoms with Gasteiger partial charge in [-0.25, -0.2) is 9.97 Å². The van der Waals surface area contributed by atoms with Crippen LogP contribution in [-0.2, 0) is 6.42 Å². The van der Waals surface area contributed by atoms with Gasteiger partial charge in [0.05, 0.1) is 0 Å². The zero-order valence-electron chi connectivity index (χ0n) is 13.3. The van der Waals surface area contributed by atoms with E-state index < -0.39 is 0 Å². The molecule has 0 aliphatic heterocycles. The highest BCUT2D eigenvalue weighted by atomic mass is 15.1. The van der Waals surface area contributed by atoms with E-state index in [9.17, 15) is 0 Å². The molecule has 4 heteroatoms. The van der Waals surface area contributed by atoms with E-state index in [1.165, 1.54) is 5.56 Å². The number of aromatic nitrogens is 2. The lowest BCUT2D eigenvalue weighted by atomic mass is 9.95. The molecule has 0 atom stereocenters. The van der Waals surface area contributed by atoms with Gasteiger partial charge in [0.25, 0.3) is 0 Å². The zero-order valence-corrected chi connectivity index (χ0v) is 13.3. The standard InChI is InChI=1S/C17H24N4/c1-13-19-15(18-4)12-16(20-13)21-17(2,3)11-10-14-8-6-5-7-9-14/h5-9,12H,10-11H2,1-4H3,(H2,18,19,20,21). The van der Waals surface area contributed by atoms with E-state index in [-0.39, 0.29) is 5.54 Å². The van der Waals surface area contributed by atoms with Crippen molar-refractivity contribution >= 4 is 11.6 Å². The number of benzene rings is 1. The molecule has 0 saturated heterocycles. The molecule has 2 rings (SSSR count). The summed E-state index contributed by atoms with van der Waals surface area (Å²) < 4.78 is 0. The van der Waals surface area contributed by atoms with Gasteiger partial charge >= 0.3 is 0 Å². The van der Waals surface area contributed by atoms with E-state index in [1.807, 2.05) is 20.0 Å². The molecule has 0 unspecified atom stereocenters. The van der Waals surface area contributed by atoms with Crippen molar-refractivity contribution in [2.24, 2.45) is 0 Å². The molecule has 0 aliphatic rings. The van der Waals surface area contributed by atoms with Gasteiger partial charge in [0, 0.05) is 18.7 Å². The third kappa shape index (κ3) is 4.74. The lowest BCUT2D eigenvalue weighted by Crippen LogP contribution is -2.32. The van der Waals surface area contributed by atoms with Crippen LogP contribution in [0.1, 0.15) is 31.7 Å². The average molecular weight is 284 g/mol. The van der Waals surface area contributed by atoms with Crippen LogP contribution >= 0.6 is 0 Å². The minimum atomic E-state index is -0.0261. The highest BCUT2D eigenvalue weighted by Gasteiger charge is 2.18. The summed E-state index contributed by atoms with van der Waals surface area (Å²) in [4.78, 5) is 8.77. The van der Waals surface area contributed by atoms with Gasteiger partial charge < -0.3 is 10.6 Å². The first-order chi connectivity index (χ1) is 9.98. The molecule has 1 heterocycles. The summed E-state index contributed by atoms with van der Waals surface area (Å²) in [6.07, 6.45) is 2.08. The summed E-state index contributed by atoms with van der Waals surface area (Å²) in [6.45, 7) is 6.31. The number of hydrogen-bond donors (Lipinski definition) is 2. The molecule has 1 aromatic carbocycles. The Kier molecular flexibility index (Phi) is 4.78. The summed E-state index contributed by atoms with van der Waals surface area (Å²) in [5, 5.41) is 6.57. The van der Waals surface area contributed by atoms with Crippen LogP contribution in [0.4, 0.5) is 11.6 Å². The van der Waals surface area contributed by atoms with Crippen molar-refractivity contribution in [2.45, 2.75) is 39.2 Å². The molecule has 21 heavy (non-hydrogen) atoms. The highest BCUT2D eigenvalue weighted by molar-refractivity contribution is 5.48. The second kappa shape index (κ2) is 6.57. The Morgan fingerprint density at radius 3 is 2.38 bits per heavy atom. The maximum absolute atomic E-state index is 4.46. The fourth-order valence-corrected chi connectivity index (χ4v) is 2.27. The number of nitrogens with one attached hydrogen (secondary N) is 2. The fraction of sp³-hybridized carbons (Fsp3) is 0.412. The molecule has 2 N–H and O–H groups in total. The minimum Gasteiger partial charge on any atom is -0.373 e. The molecule has 0 spiro atoms. The van der Waals surface area contributed by atoms with Crippen LogP contribution in [0.5, 0.6) is 0 Å². The van der Waals surface area contributed by atoms with Gasteiger partial charge in [0.2, 0.25) is 0 Å². The summed E-state index contributed by atoms with van der Waals surface area (Å²) >= 11 is 0. The SMILES string of the molecule is CNc1cc(NC(C)(C)CCc2ccccc2)nc(C)n1. The Hall–Kier alpha value is -2.10. The quantitative estimate of drug-likeness (QED) is 0.850. The Morgan fingerprint density at radius 2 is 1.71 bits per heavy atom. The minimum absolute atomic E-state index is 0.0261. The van der Waals surface area contributed by atoms with Crippen molar-refractivity contribution in [3.63, 3.8) is 0 Å². The van der Waals surface area contributed by atoms with Crippen molar-refractivity contribution in [3.8, 4) is 0 Å². The van der Waals surface area contributed by atoms with E-state index >= 15 is 0 Å². The number of aryl methyl sites for hydroxylation is 2. The van der Waals surface area contributed by atoms with Gasteiger partial charge in [-0.3, -0.25) is 0 Å². The average Bonchev–Trinajstić information content (AvgIpc) is 2.45. The highest BCUT2D eigenvalue weighted by Crippen LogP contribution is 2.20. The van der Waals surface area contributed by atoms with E-state index in [0.717, 1.165) is 30.3 Å². The van der Waals surface area contributed by atoms with E-state index in [2.05, 4.69) is 64.8 Å². The molecule has 0 bridgehead atoms. The number of nitrogens with zero attached hydrogens (tertiary/aromatic N) is 2. The molecule has 0 radical (unpaired) electrons. The summed E-state index contributed by atoms with van der Waals surface area (Å²) in [7, 11) is 1.87. The third-order valence-corrected chi connectivity index (χ3v) is 3.44. The van der Waals surface area contributed by atoms with Crippen molar-refractivity contribution in [1.29, 1.82) is 0 Å². The van der Waals surface area contributed by atoms with Gasteiger partial charge in [0.1, 0.15) is 17.5 Å². The smallest absolute Gasteiger partial charge is 0.132 e. The second-order valence-corrected chi connectivity index (χ2v) is 5.93. The second-order valence-electron chi connectivity index (χ2n) is 5.93. The maximum Gasteiger partial charge on any atom is 0.132 e. The van der Waals surface area contributed by atoms with E-state index in [4.69, 9.17) is 0 Å². The molecular weight excluding hydrogens is 260 g/mol. The largest absolute Gasteiger partial charge is 0.373 e. The summed E-state index contributed by atoms with van der Waals surface area (Å²) in [6, 6.07) is 12.5. The molecule has 0 aliphatic carbocycles. The Balaban J connectivity index is 2.01. The monoisotopic (exact) mass is 284 g/mol. The van der Waals surface area contributed by atoms with Crippen LogP contribution in [0.3, 0.4) is 0 Å². The van der Waals surface area contributed by atoms with Crippen LogP contribution in [0.25, 0.3) is 0 Å². The van der Waals surface area contributed by atoms with E-state index in [0.29, 0.717) is 0 Å². The number of rotatable bonds is 6. The van der Waals surface area contributed by atoms with Crippen LogP contribution in [-0.4, -0.2) is 22.6 Å². The van der Waals surface area contributed by atoms with Crippen molar-refractivity contribution < 1.29 is 0 Å². The predicted molar refractivity (Wildman–Crippen MR) is 88.8 cm³/mol. The first-order valence-corrected chi connectivity index (χ1v) is 7.34. The summed E-state index contributed by atoms with van der Waals surface area (Å²) in [5.74, 6) is 2.47. The van der Waals surface area contributed by atoms with Crippen molar-refractivity contribution in [1.82, 2.24) is 9.97 Å². The van der Waals surface area contributed by atoms with Crippen molar-refractivity contribution in [3.05, 3.63) is 47.8 Å². The molecule has 112 valence electrons. The Labute approximate surface area is 127 Å². The molecule has 0 amide bonds. The van der Waals surface area contributed by atoms with Gasteiger partial charge in [0.15, 0.2) is 0 Å². The Bertz CT molecular complexity index is 579. The first-order valence-electron chi connectivity index (χ1n) is 7.34. The molecule has 2 aromatic rings. The van der Waals surface area contributed by atoms with Crippen LogP contribution in [0.2, 0.25) is 0 Å². The predicted octanol–water partition coefficient (Wildman–Crippen LogP) is 3.65. The number of hydrogen-bond acceptors (Lipinski definition) is 4. The van der Waals surface area contributed by atoms with Crippen LogP contribution in [0, 0.1) is 6.92 Å². The number of anilines is 2. The lowest BCUT2D eigenvalue weighted by molar-refractivity contribution is 0.516. The summed E-state index contributed by atoms with van der Waals surface area (Å²) in [5.41, 5.74) is 1.34. The molecule has 0 fully saturated rings. The molecule has 4 nitrogen and oxygen atoms in total. The third-order valence-electron chi connectivity index (χ3n) is 3.44.